The molecule has 6 nitrogen and oxygen atoms in total. The summed E-state index contributed by atoms with van der Waals surface area (Å²) in [7, 11) is 0. The fourth-order valence-electron chi connectivity index (χ4n) is 8.24. The van der Waals surface area contributed by atoms with Crippen molar-refractivity contribution < 1.29 is 29.6 Å². The number of allylic oxidation sites excluding steroid dienone is 2. The van der Waals surface area contributed by atoms with E-state index in [1.807, 2.05) is 12.2 Å². The molecule has 172 valence electrons. The highest BCUT2D eigenvalue weighted by Gasteiger charge is 2.75. The standard InChI is InChI=1S/C25H36O6/c1-4-5-21-30-20-11-17-16-7-6-14-10-15(27)8-9-23(14,2)22(16)18(28)12-24(17,3)25(20,31-21)19(29)13-26/h8-10,15-18,20-22,26-28H,4-7,11-13H2,1-3H3/t15?,16?,17?,18-,20+,21+,22?,23-,24-,25+/m0/s1. The number of ether oxygens (including phenoxy) is 2. The Balaban J connectivity index is 1.55. The lowest BCUT2D eigenvalue weighted by Gasteiger charge is -2.60. The molecule has 4 fully saturated rings. The zero-order valence-corrected chi connectivity index (χ0v) is 18.8. The van der Waals surface area contributed by atoms with Crippen molar-refractivity contribution in [2.24, 2.45) is 28.6 Å². The van der Waals surface area contributed by atoms with Crippen molar-refractivity contribution in [1.82, 2.24) is 0 Å². The first-order valence-corrected chi connectivity index (χ1v) is 12.0. The Morgan fingerprint density at radius 3 is 2.77 bits per heavy atom. The van der Waals surface area contributed by atoms with Crippen molar-refractivity contribution >= 4 is 5.78 Å². The molecule has 0 radical (unpaired) electrons. The van der Waals surface area contributed by atoms with Crippen molar-refractivity contribution in [2.45, 2.75) is 89.5 Å². The first-order valence-electron chi connectivity index (χ1n) is 12.0. The molecule has 3 saturated carbocycles. The van der Waals surface area contributed by atoms with Gasteiger partial charge in [0.05, 0.1) is 18.3 Å². The third-order valence-corrected chi connectivity index (χ3v) is 9.47. The minimum absolute atomic E-state index is 0.0286. The number of aliphatic hydroxyl groups excluding tert-OH is 3. The Kier molecular flexibility index (Phi) is 5.08. The summed E-state index contributed by atoms with van der Waals surface area (Å²) in [6, 6.07) is 0. The van der Waals surface area contributed by atoms with E-state index in [0.717, 1.165) is 25.7 Å². The lowest BCUT2D eigenvalue weighted by Crippen LogP contribution is -2.63. The van der Waals surface area contributed by atoms with Gasteiger partial charge < -0.3 is 24.8 Å². The number of Topliss-reactive ketones (excluding diaryl/α,β-unsaturated/α-hetero) is 1. The largest absolute Gasteiger partial charge is 0.393 e. The molecule has 0 aromatic carbocycles. The van der Waals surface area contributed by atoms with Crippen LogP contribution < -0.4 is 0 Å². The minimum atomic E-state index is -1.19. The van der Waals surface area contributed by atoms with Crippen LogP contribution in [0.1, 0.15) is 59.3 Å². The van der Waals surface area contributed by atoms with E-state index >= 15 is 0 Å². The quantitative estimate of drug-likeness (QED) is 0.591. The smallest absolute Gasteiger partial charge is 0.193 e. The summed E-state index contributed by atoms with van der Waals surface area (Å²) in [6.07, 6.45) is 8.46. The maximum atomic E-state index is 13.2. The van der Waals surface area contributed by atoms with Gasteiger partial charge in [-0.15, -0.1) is 0 Å². The third kappa shape index (κ3) is 2.72. The first kappa shape index (κ1) is 21.8. The summed E-state index contributed by atoms with van der Waals surface area (Å²) in [5.74, 6) is 0.111. The fourth-order valence-corrected chi connectivity index (χ4v) is 8.24. The van der Waals surface area contributed by atoms with Gasteiger partial charge in [0.1, 0.15) is 6.61 Å². The molecule has 6 heteroatoms. The monoisotopic (exact) mass is 432 g/mol. The lowest BCUT2D eigenvalue weighted by molar-refractivity contribution is -0.200. The summed E-state index contributed by atoms with van der Waals surface area (Å²) >= 11 is 0. The Labute approximate surface area is 184 Å². The maximum Gasteiger partial charge on any atom is 0.193 e. The van der Waals surface area contributed by atoms with E-state index in [9.17, 15) is 20.1 Å². The number of aliphatic hydroxyl groups is 3. The second-order valence-electron chi connectivity index (χ2n) is 10.9. The Morgan fingerprint density at radius 1 is 1.29 bits per heavy atom. The van der Waals surface area contributed by atoms with Gasteiger partial charge in [-0.2, -0.15) is 0 Å². The topological polar surface area (TPSA) is 96.2 Å². The average molecular weight is 433 g/mol. The fraction of sp³-hybridized carbons (Fsp3) is 0.800. The van der Waals surface area contributed by atoms with Gasteiger partial charge in [-0.1, -0.05) is 51.0 Å². The summed E-state index contributed by atoms with van der Waals surface area (Å²) in [4.78, 5) is 13.2. The van der Waals surface area contributed by atoms with E-state index in [1.165, 1.54) is 5.57 Å². The minimum Gasteiger partial charge on any atom is -0.393 e. The molecule has 3 N–H and O–H groups in total. The van der Waals surface area contributed by atoms with Crippen LogP contribution in [0.25, 0.3) is 0 Å². The van der Waals surface area contributed by atoms with E-state index in [1.54, 1.807) is 0 Å². The van der Waals surface area contributed by atoms with E-state index in [-0.39, 0.29) is 35.1 Å². The molecule has 1 heterocycles. The molecular weight excluding hydrogens is 396 g/mol. The third-order valence-electron chi connectivity index (χ3n) is 9.47. The Hall–Kier alpha value is -1.05. The maximum absolute atomic E-state index is 13.2. The highest BCUT2D eigenvalue weighted by molar-refractivity contribution is 5.91. The molecule has 0 amide bonds. The van der Waals surface area contributed by atoms with Gasteiger partial charge in [-0.3, -0.25) is 4.79 Å². The van der Waals surface area contributed by atoms with E-state index in [0.29, 0.717) is 12.8 Å². The summed E-state index contributed by atoms with van der Waals surface area (Å²) in [5.41, 5.74) is -0.855. The summed E-state index contributed by atoms with van der Waals surface area (Å²) in [6.45, 7) is 5.74. The first-order chi connectivity index (χ1) is 14.7. The average Bonchev–Trinajstić information content (AvgIpc) is 3.20. The number of rotatable bonds is 4. The zero-order valence-electron chi connectivity index (χ0n) is 18.8. The van der Waals surface area contributed by atoms with Crippen LogP contribution >= 0.6 is 0 Å². The second-order valence-corrected chi connectivity index (χ2v) is 10.9. The van der Waals surface area contributed by atoms with Crippen LogP contribution in [0, 0.1) is 28.6 Å². The van der Waals surface area contributed by atoms with Gasteiger partial charge in [0.25, 0.3) is 0 Å². The second kappa shape index (κ2) is 7.22. The van der Waals surface area contributed by atoms with Crippen molar-refractivity contribution in [3.05, 3.63) is 23.8 Å². The molecule has 4 aliphatic carbocycles. The van der Waals surface area contributed by atoms with Gasteiger partial charge in [0, 0.05) is 16.7 Å². The zero-order chi connectivity index (χ0) is 22.2. The molecule has 1 aliphatic heterocycles. The predicted octanol–water partition coefficient (Wildman–Crippen LogP) is 2.51. The Morgan fingerprint density at radius 2 is 2.06 bits per heavy atom. The van der Waals surface area contributed by atoms with Gasteiger partial charge in [0.2, 0.25) is 0 Å². The number of hydrogen-bond acceptors (Lipinski definition) is 6. The van der Waals surface area contributed by atoms with Gasteiger partial charge >= 0.3 is 0 Å². The molecule has 0 aromatic rings. The van der Waals surface area contributed by atoms with Crippen molar-refractivity contribution in [3.8, 4) is 0 Å². The highest BCUT2D eigenvalue weighted by Crippen LogP contribution is 2.69. The van der Waals surface area contributed by atoms with Crippen LogP contribution in [0.5, 0.6) is 0 Å². The van der Waals surface area contributed by atoms with Crippen molar-refractivity contribution in [3.63, 3.8) is 0 Å². The van der Waals surface area contributed by atoms with Gasteiger partial charge in [-0.05, 0) is 43.9 Å². The lowest BCUT2D eigenvalue weighted by atomic mass is 9.46. The predicted molar refractivity (Wildman–Crippen MR) is 114 cm³/mol. The van der Waals surface area contributed by atoms with Gasteiger partial charge in [0.15, 0.2) is 17.7 Å². The van der Waals surface area contributed by atoms with Crippen LogP contribution in [-0.4, -0.2) is 57.9 Å². The molecule has 1 saturated heterocycles. The van der Waals surface area contributed by atoms with Crippen molar-refractivity contribution in [2.75, 3.05) is 6.61 Å². The number of hydrogen-bond donors (Lipinski definition) is 3. The van der Waals surface area contributed by atoms with Crippen LogP contribution in [-0.2, 0) is 14.3 Å². The number of carbonyl (C=O) groups excluding carboxylic acids is 1. The molecule has 4 unspecified atom stereocenters. The van der Waals surface area contributed by atoms with Crippen LogP contribution in [0.3, 0.4) is 0 Å². The molecule has 31 heavy (non-hydrogen) atoms. The van der Waals surface area contributed by atoms with E-state index in [4.69, 9.17) is 9.47 Å². The van der Waals surface area contributed by atoms with Crippen LogP contribution in [0.15, 0.2) is 23.8 Å². The number of ketones is 1. The highest BCUT2D eigenvalue weighted by atomic mass is 16.7. The molecule has 10 atom stereocenters. The molecule has 0 spiro atoms. The molecule has 0 bridgehead atoms. The summed E-state index contributed by atoms with van der Waals surface area (Å²) in [5, 5.41) is 31.5. The Bertz CT molecular complexity index is 821. The molecule has 5 aliphatic rings. The van der Waals surface area contributed by atoms with E-state index < -0.39 is 36.1 Å². The van der Waals surface area contributed by atoms with Gasteiger partial charge in [-0.25, -0.2) is 0 Å². The van der Waals surface area contributed by atoms with Crippen LogP contribution in [0.2, 0.25) is 0 Å². The number of carbonyl (C=O) groups is 1. The van der Waals surface area contributed by atoms with Crippen LogP contribution in [0.4, 0.5) is 0 Å². The molecular formula is C25H36O6. The SMILES string of the molecule is CCC[C@@H]1O[C@@H]2CC3C4CCC5=CC(O)C=C[C@]5(C)C4[C@@H](O)C[C@]3(C)[C@]2(C(=O)CO)O1. The van der Waals surface area contributed by atoms with Crippen molar-refractivity contribution in [1.29, 1.82) is 0 Å². The molecule has 0 aromatic heterocycles. The van der Waals surface area contributed by atoms with E-state index in [2.05, 4.69) is 26.8 Å². The normalized spacial score (nSPS) is 52.7. The molecule has 5 rings (SSSR count). The number of fused-ring (bicyclic) bond motifs is 7. The summed E-state index contributed by atoms with van der Waals surface area (Å²) < 4.78 is 12.7.